The number of nitrogens with zero attached hydrogens (tertiary/aromatic N) is 4. The second kappa shape index (κ2) is 6.32. The Hall–Kier alpha value is -1.79. The van der Waals surface area contributed by atoms with Crippen LogP contribution in [0.15, 0.2) is 30.3 Å². The minimum absolute atomic E-state index is 0.0550. The standard InChI is InChI=1S/C15H21N5O/c1-11(14-9-6-10-21-14)16-12(2)15-17-18-19-20(15)13-7-4-3-5-8-13/h3-5,7-8,11-12,14,16H,6,9-10H2,1-2H3. The van der Waals surface area contributed by atoms with Crippen LogP contribution in [0.5, 0.6) is 0 Å². The van der Waals surface area contributed by atoms with Gasteiger partial charge in [-0.3, -0.25) is 0 Å². The molecule has 0 spiro atoms. The van der Waals surface area contributed by atoms with Gasteiger partial charge in [0.2, 0.25) is 0 Å². The van der Waals surface area contributed by atoms with Crippen molar-refractivity contribution in [3.63, 3.8) is 0 Å². The molecule has 1 aromatic heterocycles. The van der Waals surface area contributed by atoms with Gasteiger partial charge in [-0.15, -0.1) is 5.10 Å². The molecule has 112 valence electrons. The zero-order valence-electron chi connectivity index (χ0n) is 12.4. The molecule has 3 unspecified atom stereocenters. The Kier molecular flexibility index (Phi) is 4.26. The molecule has 6 nitrogen and oxygen atoms in total. The second-order valence-corrected chi connectivity index (χ2v) is 5.51. The highest BCUT2D eigenvalue weighted by atomic mass is 16.5. The number of para-hydroxylation sites is 1. The fraction of sp³-hybridized carbons (Fsp3) is 0.533. The number of hydrogen-bond acceptors (Lipinski definition) is 5. The van der Waals surface area contributed by atoms with E-state index >= 15 is 0 Å². The van der Waals surface area contributed by atoms with Crippen LogP contribution in [0.4, 0.5) is 0 Å². The van der Waals surface area contributed by atoms with E-state index in [2.05, 4.69) is 34.7 Å². The number of ether oxygens (including phenoxy) is 1. The quantitative estimate of drug-likeness (QED) is 0.909. The summed E-state index contributed by atoms with van der Waals surface area (Å²) in [5, 5.41) is 15.6. The number of nitrogens with one attached hydrogen (secondary N) is 1. The van der Waals surface area contributed by atoms with E-state index in [0.717, 1.165) is 31.0 Å². The summed E-state index contributed by atoms with van der Waals surface area (Å²) in [5.41, 5.74) is 0.968. The Labute approximate surface area is 124 Å². The molecule has 1 aliphatic heterocycles. The summed E-state index contributed by atoms with van der Waals surface area (Å²) in [6.45, 7) is 5.10. The largest absolute Gasteiger partial charge is 0.377 e. The number of aromatic nitrogens is 4. The summed E-state index contributed by atoms with van der Waals surface area (Å²) in [5.74, 6) is 0.811. The fourth-order valence-corrected chi connectivity index (χ4v) is 2.79. The molecule has 0 saturated carbocycles. The zero-order valence-corrected chi connectivity index (χ0v) is 12.4. The molecule has 21 heavy (non-hydrogen) atoms. The van der Waals surface area contributed by atoms with Gasteiger partial charge < -0.3 is 10.1 Å². The molecule has 0 amide bonds. The molecular formula is C15H21N5O. The van der Waals surface area contributed by atoms with Gasteiger partial charge >= 0.3 is 0 Å². The lowest BCUT2D eigenvalue weighted by atomic mass is 10.1. The number of hydrogen-bond donors (Lipinski definition) is 1. The van der Waals surface area contributed by atoms with Crippen molar-refractivity contribution in [1.29, 1.82) is 0 Å². The Morgan fingerprint density at radius 2 is 2.10 bits per heavy atom. The monoisotopic (exact) mass is 287 g/mol. The van der Waals surface area contributed by atoms with Crippen LogP contribution in [0.25, 0.3) is 5.69 Å². The highest BCUT2D eigenvalue weighted by Gasteiger charge is 2.25. The van der Waals surface area contributed by atoms with Crippen LogP contribution in [0.2, 0.25) is 0 Å². The summed E-state index contributed by atoms with van der Waals surface area (Å²) in [6.07, 6.45) is 2.55. The van der Waals surface area contributed by atoms with Crippen molar-refractivity contribution in [3.05, 3.63) is 36.2 Å². The van der Waals surface area contributed by atoms with E-state index in [1.807, 2.05) is 30.3 Å². The predicted octanol–water partition coefficient (Wildman–Crippen LogP) is 1.88. The van der Waals surface area contributed by atoms with Crippen LogP contribution in [-0.4, -0.2) is 39.0 Å². The van der Waals surface area contributed by atoms with Gasteiger partial charge in [0.05, 0.1) is 17.8 Å². The first-order chi connectivity index (χ1) is 10.3. The average molecular weight is 287 g/mol. The topological polar surface area (TPSA) is 64.9 Å². The third-order valence-electron chi connectivity index (χ3n) is 3.92. The maximum atomic E-state index is 5.73. The van der Waals surface area contributed by atoms with Gasteiger partial charge in [0.25, 0.3) is 0 Å². The minimum Gasteiger partial charge on any atom is -0.377 e. The van der Waals surface area contributed by atoms with E-state index in [4.69, 9.17) is 4.74 Å². The van der Waals surface area contributed by atoms with Gasteiger partial charge in [-0.25, -0.2) is 0 Å². The maximum absolute atomic E-state index is 5.73. The second-order valence-electron chi connectivity index (χ2n) is 5.51. The van der Waals surface area contributed by atoms with Crippen molar-refractivity contribution >= 4 is 0 Å². The molecule has 1 saturated heterocycles. The lowest BCUT2D eigenvalue weighted by molar-refractivity contribution is 0.0799. The van der Waals surface area contributed by atoms with Gasteiger partial charge in [-0.05, 0) is 49.2 Å². The van der Waals surface area contributed by atoms with Gasteiger partial charge in [-0.1, -0.05) is 18.2 Å². The summed E-state index contributed by atoms with van der Waals surface area (Å²) < 4.78 is 7.50. The molecule has 1 aromatic carbocycles. The Balaban J connectivity index is 1.73. The Morgan fingerprint density at radius 3 is 2.81 bits per heavy atom. The molecule has 3 atom stereocenters. The van der Waals surface area contributed by atoms with E-state index in [-0.39, 0.29) is 18.2 Å². The number of benzene rings is 1. The third kappa shape index (κ3) is 3.11. The van der Waals surface area contributed by atoms with Crippen molar-refractivity contribution in [2.24, 2.45) is 0 Å². The van der Waals surface area contributed by atoms with Crippen LogP contribution in [0, 0.1) is 0 Å². The normalized spacial score (nSPS) is 21.3. The maximum Gasteiger partial charge on any atom is 0.173 e. The predicted molar refractivity (Wildman–Crippen MR) is 79.1 cm³/mol. The SMILES string of the molecule is CC(NC(C)C1CCCO1)c1nnnn1-c1ccccc1. The van der Waals surface area contributed by atoms with Crippen LogP contribution < -0.4 is 5.32 Å². The van der Waals surface area contributed by atoms with Crippen molar-refractivity contribution in [2.45, 2.75) is 44.9 Å². The van der Waals surface area contributed by atoms with E-state index in [1.165, 1.54) is 0 Å². The molecule has 1 N–H and O–H groups in total. The molecule has 0 bridgehead atoms. The van der Waals surface area contributed by atoms with E-state index in [0.29, 0.717) is 0 Å². The first-order valence-electron chi connectivity index (χ1n) is 7.47. The van der Waals surface area contributed by atoms with Crippen molar-refractivity contribution in [3.8, 4) is 5.69 Å². The molecule has 0 radical (unpaired) electrons. The number of rotatable bonds is 5. The lowest BCUT2D eigenvalue weighted by Gasteiger charge is -2.23. The Morgan fingerprint density at radius 1 is 1.29 bits per heavy atom. The van der Waals surface area contributed by atoms with Crippen LogP contribution in [0.3, 0.4) is 0 Å². The smallest absolute Gasteiger partial charge is 0.173 e. The van der Waals surface area contributed by atoms with Gasteiger partial charge in [0.1, 0.15) is 0 Å². The Bertz CT molecular complexity index is 564. The van der Waals surface area contributed by atoms with Crippen LogP contribution in [-0.2, 0) is 4.74 Å². The van der Waals surface area contributed by atoms with Crippen molar-refractivity contribution < 1.29 is 4.74 Å². The van der Waals surface area contributed by atoms with E-state index in [1.54, 1.807) is 4.68 Å². The van der Waals surface area contributed by atoms with Crippen LogP contribution >= 0.6 is 0 Å². The molecular weight excluding hydrogens is 266 g/mol. The van der Waals surface area contributed by atoms with E-state index in [9.17, 15) is 0 Å². The first-order valence-corrected chi connectivity index (χ1v) is 7.47. The third-order valence-corrected chi connectivity index (χ3v) is 3.92. The fourth-order valence-electron chi connectivity index (χ4n) is 2.79. The molecule has 1 aliphatic rings. The highest BCUT2D eigenvalue weighted by molar-refractivity contribution is 5.30. The van der Waals surface area contributed by atoms with Gasteiger partial charge in [0, 0.05) is 12.6 Å². The summed E-state index contributed by atoms with van der Waals surface area (Å²) in [4.78, 5) is 0. The summed E-state index contributed by atoms with van der Waals surface area (Å²) in [7, 11) is 0. The lowest BCUT2D eigenvalue weighted by Crippen LogP contribution is -2.39. The summed E-state index contributed by atoms with van der Waals surface area (Å²) in [6, 6.07) is 10.3. The zero-order chi connectivity index (χ0) is 14.7. The van der Waals surface area contributed by atoms with Crippen molar-refractivity contribution in [1.82, 2.24) is 25.5 Å². The first kappa shape index (κ1) is 14.2. The summed E-state index contributed by atoms with van der Waals surface area (Å²) >= 11 is 0. The number of tetrazole rings is 1. The average Bonchev–Trinajstić information content (AvgIpc) is 3.19. The molecule has 3 rings (SSSR count). The van der Waals surface area contributed by atoms with Gasteiger partial charge in [-0.2, -0.15) is 4.68 Å². The van der Waals surface area contributed by atoms with E-state index < -0.39 is 0 Å². The molecule has 0 aliphatic carbocycles. The highest BCUT2D eigenvalue weighted by Crippen LogP contribution is 2.19. The molecule has 6 heteroatoms. The molecule has 2 aromatic rings. The molecule has 1 fully saturated rings. The van der Waals surface area contributed by atoms with Crippen molar-refractivity contribution in [2.75, 3.05) is 6.61 Å². The van der Waals surface area contributed by atoms with Gasteiger partial charge in [0.15, 0.2) is 5.82 Å². The molecule has 2 heterocycles. The van der Waals surface area contributed by atoms with Crippen LogP contribution in [0.1, 0.15) is 38.6 Å². The minimum atomic E-state index is 0.0550.